The van der Waals surface area contributed by atoms with Crippen molar-refractivity contribution in [1.82, 2.24) is 5.32 Å². The number of halogens is 1. The second kappa shape index (κ2) is 6.49. The zero-order chi connectivity index (χ0) is 15.7. The Morgan fingerprint density at radius 1 is 1.32 bits per heavy atom. The molecule has 2 aliphatic carbocycles. The lowest BCUT2D eigenvalue weighted by atomic mass is 9.84. The van der Waals surface area contributed by atoms with Gasteiger partial charge >= 0.3 is 0 Å². The molecule has 120 valence electrons. The molecule has 1 aromatic rings. The van der Waals surface area contributed by atoms with Crippen molar-refractivity contribution in [1.29, 1.82) is 0 Å². The summed E-state index contributed by atoms with van der Waals surface area (Å²) in [5.41, 5.74) is 0. The van der Waals surface area contributed by atoms with E-state index in [0.717, 1.165) is 11.8 Å². The van der Waals surface area contributed by atoms with E-state index in [1.54, 1.807) is 19.1 Å². The second-order valence-corrected chi connectivity index (χ2v) is 7.29. The molecule has 2 bridgehead atoms. The Morgan fingerprint density at radius 3 is 2.77 bits per heavy atom. The Balaban J connectivity index is 1.52. The van der Waals surface area contributed by atoms with Crippen molar-refractivity contribution < 1.29 is 9.53 Å². The zero-order valence-electron chi connectivity index (χ0n) is 13.2. The number of benzene rings is 1. The first kappa shape index (κ1) is 15.7. The lowest BCUT2D eigenvalue weighted by Crippen LogP contribution is -2.45. The van der Waals surface area contributed by atoms with E-state index >= 15 is 0 Å². The minimum atomic E-state index is -0.514. The van der Waals surface area contributed by atoms with E-state index in [4.69, 9.17) is 16.3 Å². The molecular weight excluding hydrogens is 298 g/mol. The summed E-state index contributed by atoms with van der Waals surface area (Å²) in [6.07, 6.45) is 4.84. The van der Waals surface area contributed by atoms with Gasteiger partial charge in [-0.2, -0.15) is 0 Å². The summed E-state index contributed by atoms with van der Waals surface area (Å²) in [7, 11) is 0. The van der Waals surface area contributed by atoms with Crippen molar-refractivity contribution in [3.05, 3.63) is 29.3 Å². The highest BCUT2D eigenvalue weighted by atomic mass is 35.5. The highest BCUT2D eigenvalue weighted by Gasteiger charge is 2.42. The summed E-state index contributed by atoms with van der Waals surface area (Å²) in [4.78, 5) is 12.3. The van der Waals surface area contributed by atoms with E-state index in [0.29, 0.717) is 16.7 Å². The van der Waals surface area contributed by atoms with Gasteiger partial charge in [0.25, 0.3) is 5.91 Å². The summed E-state index contributed by atoms with van der Waals surface area (Å²) >= 11 is 5.93. The van der Waals surface area contributed by atoms with Crippen LogP contribution in [-0.4, -0.2) is 18.1 Å². The van der Waals surface area contributed by atoms with E-state index in [9.17, 15) is 4.79 Å². The third-order valence-electron chi connectivity index (χ3n) is 5.28. The van der Waals surface area contributed by atoms with Gasteiger partial charge in [-0.1, -0.05) is 24.1 Å². The number of carbonyl (C=O) groups excluding carboxylic acids is 1. The lowest BCUT2D eigenvalue weighted by molar-refractivity contribution is -0.128. The van der Waals surface area contributed by atoms with Crippen LogP contribution in [0, 0.1) is 17.8 Å². The number of rotatable bonds is 5. The molecule has 0 radical (unpaired) electrons. The molecule has 3 rings (SSSR count). The van der Waals surface area contributed by atoms with Crippen LogP contribution in [0.2, 0.25) is 5.02 Å². The van der Waals surface area contributed by atoms with Crippen LogP contribution in [0.4, 0.5) is 0 Å². The Morgan fingerprint density at radius 2 is 2.14 bits per heavy atom. The van der Waals surface area contributed by atoms with Crippen molar-refractivity contribution in [3.63, 3.8) is 0 Å². The molecular formula is C18H24ClNO2. The van der Waals surface area contributed by atoms with Crippen LogP contribution < -0.4 is 10.1 Å². The number of fused-ring (bicyclic) bond motifs is 2. The van der Waals surface area contributed by atoms with Gasteiger partial charge in [0.05, 0.1) is 0 Å². The number of amides is 1. The Hall–Kier alpha value is -1.22. The Bertz CT molecular complexity index is 548. The summed E-state index contributed by atoms with van der Waals surface area (Å²) in [5, 5.41) is 3.76. The molecule has 2 saturated carbocycles. The van der Waals surface area contributed by atoms with Crippen molar-refractivity contribution >= 4 is 17.5 Å². The van der Waals surface area contributed by atoms with E-state index in [2.05, 4.69) is 12.2 Å². The van der Waals surface area contributed by atoms with Gasteiger partial charge in [0, 0.05) is 11.1 Å². The fraction of sp³-hybridized carbons (Fsp3) is 0.611. The summed E-state index contributed by atoms with van der Waals surface area (Å²) in [6, 6.07) is 7.38. The number of carbonyl (C=O) groups is 1. The zero-order valence-corrected chi connectivity index (χ0v) is 14.0. The molecule has 5 atom stereocenters. The van der Waals surface area contributed by atoms with Gasteiger partial charge in [-0.15, -0.1) is 0 Å². The Labute approximate surface area is 137 Å². The van der Waals surface area contributed by atoms with Crippen LogP contribution in [0.15, 0.2) is 24.3 Å². The maximum absolute atomic E-state index is 12.3. The number of hydrogen-bond donors (Lipinski definition) is 1. The average Bonchev–Trinajstić information content (AvgIpc) is 3.09. The monoisotopic (exact) mass is 321 g/mol. The first-order valence-corrected chi connectivity index (χ1v) is 8.63. The number of nitrogens with one attached hydrogen (secondary N) is 1. The molecule has 2 fully saturated rings. The minimum absolute atomic E-state index is 0.0461. The van der Waals surface area contributed by atoms with Gasteiger partial charge in [0.15, 0.2) is 6.10 Å². The standard InChI is InChI=1S/C18H24ClNO2/c1-11(17-9-13-6-7-14(17)8-13)20-18(21)12(2)22-16-5-3-4-15(19)10-16/h3-5,10-14,17H,6-9H2,1-2H3,(H,20,21)/t11-,12+,13+,14+,17-/m1/s1. The van der Waals surface area contributed by atoms with Crippen LogP contribution in [0.5, 0.6) is 5.75 Å². The van der Waals surface area contributed by atoms with Gasteiger partial charge in [-0.3, -0.25) is 4.79 Å². The van der Waals surface area contributed by atoms with Crippen LogP contribution in [0.1, 0.15) is 39.5 Å². The van der Waals surface area contributed by atoms with Crippen molar-refractivity contribution in [2.45, 2.75) is 51.7 Å². The third kappa shape index (κ3) is 3.40. The molecule has 0 heterocycles. The predicted molar refractivity (Wildman–Crippen MR) is 88.1 cm³/mol. The maximum atomic E-state index is 12.3. The van der Waals surface area contributed by atoms with E-state index in [1.165, 1.54) is 25.7 Å². The van der Waals surface area contributed by atoms with Crippen LogP contribution in [0.3, 0.4) is 0 Å². The first-order valence-electron chi connectivity index (χ1n) is 8.25. The second-order valence-electron chi connectivity index (χ2n) is 6.85. The largest absolute Gasteiger partial charge is 0.481 e. The van der Waals surface area contributed by atoms with E-state index in [-0.39, 0.29) is 11.9 Å². The van der Waals surface area contributed by atoms with Crippen LogP contribution in [0.25, 0.3) is 0 Å². The molecule has 1 N–H and O–H groups in total. The predicted octanol–water partition coefficient (Wildman–Crippen LogP) is 4.05. The molecule has 22 heavy (non-hydrogen) atoms. The first-order chi connectivity index (χ1) is 10.5. The lowest BCUT2D eigenvalue weighted by Gasteiger charge is -2.29. The van der Waals surface area contributed by atoms with E-state index in [1.807, 2.05) is 12.1 Å². The van der Waals surface area contributed by atoms with Gasteiger partial charge in [0.2, 0.25) is 0 Å². The van der Waals surface area contributed by atoms with Crippen molar-refractivity contribution in [2.75, 3.05) is 0 Å². The number of hydrogen-bond acceptors (Lipinski definition) is 2. The fourth-order valence-electron chi connectivity index (χ4n) is 4.15. The molecule has 4 heteroatoms. The highest BCUT2D eigenvalue weighted by molar-refractivity contribution is 6.30. The van der Waals surface area contributed by atoms with Crippen molar-refractivity contribution in [2.24, 2.45) is 17.8 Å². The minimum Gasteiger partial charge on any atom is -0.481 e. The number of ether oxygens (including phenoxy) is 1. The molecule has 2 aliphatic rings. The summed E-state index contributed by atoms with van der Waals surface area (Å²) in [5.74, 6) is 2.93. The van der Waals surface area contributed by atoms with Gasteiger partial charge in [0.1, 0.15) is 5.75 Å². The van der Waals surface area contributed by atoms with Crippen molar-refractivity contribution in [3.8, 4) is 5.75 Å². The SMILES string of the molecule is C[C@H](Oc1cccc(Cl)c1)C(=O)N[C@H](C)[C@H]1C[C@H]2CC[C@H]1C2. The topological polar surface area (TPSA) is 38.3 Å². The summed E-state index contributed by atoms with van der Waals surface area (Å²) < 4.78 is 5.69. The van der Waals surface area contributed by atoms with Crippen LogP contribution >= 0.6 is 11.6 Å². The van der Waals surface area contributed by atoms with E-state index < -0.39 is 6.10 Å². The van der Waals surface area contributed by atoms with Gasteiger partial charge in [-0.05, 0) is 69.1 Å². The quantitative estimate of drug-likeness (QED) is 0.888. The van der Waals surface area contributed by atoms with Gasteiger partial charge in [-0.25, -0.2) is 0 Å². The molecule has 1 aromatic carbocycles. The Kier molecular flexibility index (Phi) is 4.62. The maximum Gasteiger partial charge on any atom is 0.260 e. The third-order valence-corrected chi connectivity index (χ3v) is 5.52. The molecule has 0 aliphatic heterocycles. The normalized spacial score (nSPS) is 29.1. The molecule has 3 nitrogen and oxygen atoms in total. The molecule has 1 amide bonds. The molecule has 0 unspecified atom stereocenters. The molecule has 0 spiro atoms. The van der Waals surface area contributed by atoms with Crippen LogP contribution in [-0.2, 0) is 4.79 Å². The fourth-order valence-corrected chi connectivity index (χ4v) is 4.33. The average molecular weight is 322 g/mol. The summed E-state index contributed by atoms with van der Waals surface area (Å²) in [6.45, 7) is 3.92. The smallest absolute Gasteiger partial charge is 0.260 e. The molecule has 0 aromatic heterocycles. The van der Waals surface area contributed by atoms with Gasteiger partial charge < -0.3 is 10.1 Å². The highest BCUT2D eigenvalue weighted by Crippen LogP contribution is 2.49. The molecule has 0 saturated heterocycles.